The van der Waals surface area contributed by atoms with Gasteiger partial charge in [0.2, 0.25) is 5.91 Å². The summed E-state index contributed by atoms with van der Waals surface area (Å²) in [5.74, 6) is -2.14. The summed E-state index contributed by atoms with van der Waals surface area (Å²) < 4.78 is 38.0. The Kier molecular flexibility index (Phi) is 11.2. The molecule has 1 fully saturated rings. The molecule has 1 heterocycles. The quantitative estimate of drug-likeness (QED) is 0.525. The fourth-order valence-electron chi connectivity index (χ4n) is 3.30. The lowest BCUT2D eigenvalue weighted by Gasteiger charge is -2.29. The summed E-state index contributed by atoms with van der Waals surface area (Å²) in [5, 5.41) is 10.4. The zero-order valence-electron chi connectivity index (χ0n) is 19.6. The lowest BCUT2D eigenvalue weighted by atomic mass is 10.1. The third kappa shape index (κ3) is 9.50. The van der Waals surface area contributed by atoms with Crippen molar-refractivity contribution >= 4 is 33.7 Å². The molecule has 1 saturated heterocycles. The highest BCUT2D eigenvalue weighted by atomic mass is 79.9. The van der Waals surface area contributed by atoms with Crippen molar-refractivity contribution in [3.63, 3.8) is 0 Å². The Morgan fingerprint density at radius 3 is 2.28 bits per heavy atom. The number of hydrogen-bond acceptors (Lipinski definition) is 5. The molecule has 0 unspecified atom stereocenters. The Hall–Kier alpha value is -3.12. The van der Waals surface area contributed by atoms with Crippen molar-refractivity contribution in [3.8, 4) is 5.75 Å². The molecular formula is C24H27BrF3N3O5. The van der Waals surface area contributed by atoms with Gasteiger partial charge in [-0.25, -0.2) is 4.79 Å². The Morgan fingerprint density at radius 2 is 1.72 bits per heavy atom. The first-order valence-corrected chi connectivity index (χ1v) is 11.8. The zero-order valence-corrected chi connectivity index (χ0v) is 21.1. The van der Waals surface area contributed by atoms with Gasteiger partial charge >= 0.3 is 12.1 Å². The first-order chi connectivity index (χ1) is 17.0. The molecule has 2 amide bonds. The maximum atomic E-state index is 13.2. The van der Waals surface area contributed by atoms with Gasteiger partial charge in [0.1, 0.15) is 5.75 Å². The van der Waals surface area contributed by atoms with Crippen LogP contribution >= 0.6 is 15.9 Å². The molecule has 0 atom stereocenters. The van der Waals surface area contributed by atoms with Crippen molar-refractivity contribution in [2.45, 2.75) is 19.1 Å². The van der Waals surface area contributed by atoms with Gasteiger partial charge in [-0.1, -0.05) is 34.1 Å². The predicted molar refractivity (Wildman–Crippen MR) is 130 cm³/mol. The molecule has 0 bridgehead atoms. The van der Waals surface area contributed by atoms with E-state index in [2.05, 4.69) is 21.2 Å². The monoisotopic (exact) mass is 573 g/mol. The van der Waals surface area contributed by atoms with Crippen molar-refractivity contribution in [2.75, 3.05) is 39.8 Å². The predicted octanol–water partition coefficient (Wildman–Crippen LogP) is 3.56. The van der Waals surface area contributed by atoms with Crippen molar-refractivity contribution in [2.24, 2.45) is 0 Å². The molecule has 0 aliphatic carbocycles. The number of ether oxygens (including phenoxy) is 1. The van der Waals surface area contributed by atoms with Gasteiger partial charge in [0.15, 0.2) is 0 Å². The van der Waals surface area contributed by atoms with Gasteiger partial charge in [0.05, 0.1) is 7.11 Å². The number of nitrogens with zero attached hydrogens (tertiary/aromatic N) is 2. The third-order valence-electron chi connectivity index (χ3n) is 5.20. The maximum Gasteiger partial charge on any atom is 0.490 e. The van der Waals surface area contributed by atoms with E-state index in [1.807, 2.05) is 35.2 Å². The van der Waals surface area contributed by atoms with Gasteiger partial charge in [0.25, 0.3) is 5.91 Å². The van der Waals surface area contributed by atoms with E-state index in [0.717, 1.165) is 36.2 Å². The number of methoxy groups -OCH3 is 1. The zero-order chi connectivity index (χ0) is 26.7. The minimum Gasteiger partial charge on any atom is -0.497 e. The molecule has 0 aromatic heterocycles. The van der Waals surface area contributed by atoms with Crippen molar-refractivity contribution in [3.05, 3.63) is 64.1 Å². The van der Waals surface area contributed by atoms with Crippen molar-refractivity contribution in [1.82, 2.24) is 15.1 Å². The van der Waals surface area contributed by atoms with E-state index in [-0.39, 0.29) is 11.8 Å². The molecule has 2 aromatic carbocycles. The summed E-state index contributed by atoms with van der Waals surface area (Å²) in [4.78, 5) is 38.3. The van der Waals surface area contributed by atoms with Gasteiger partial charge in [-0.2, -0.15) is 13.2 Å². The van der Waals surface area contributed by atoms with Crippen LogP contribution in [0.15, 0.2) is 53.0 Å². The van der Waals surface area contributed by atoms with Crippen LogP contribution in [0.1, 0.15) is 22.3 Å². The summed E-state index contributed by atoms with van der Waals surface area (Å²) in [6.45, 7) is 3.88. The second-order valence-electron chi connectivity index (χ2n) is 7.77. The number of carbonyl (C=O) groups is 3. The Morgan fingerprint density at radius 1 is 1.11 bits per heavy atom. The number of carboxylic acids is 1. The fraction of sp³-hybridized carbons (Fsp3) is 0.375. The van der Waals surface area contributed by atoms with E-state index in [9.17, 15) is 22.8 Å². The minimum atomic E-state index is -5.08. The van der Waals surface area contributed by atoms with E-state index < -0.39 is 12.1 Å². The summed E-state index contributed by atoms with van der Waals surface area (Å²) in [7, 11) is 1.58. The van der Waals surface area contributed by atoms with Gasteiger partial charge in [-0.15, -0.1) is 0 Å². The van der Waals surface area contributed by atoms with Crippen LogP contribution in [0.25, 0.3) is 0 Å². The number of halogens is 4. The second-order valence-corrected chi connectivity index (χ2v) is 8.68. The van der Waals surface area contributed by atoms with E-state index in [1.165, 1.54) is 0 Å². The number of aliphatic carboxylic acids is 1. The Labute approximate surface area is 215 Å². The number of rotatable bonds is 7. The summed E-state index contributed by atoms with van der Waals surface area (Å²) in [6.07, 6.45) is -4.77. The van der Waals surface area contributed by atoms with Gasteiger partial charge < -0.3 is 25.0 Å². The topological polar surface area (TPSA) is 99.2 Å². The van der Waals surface area contributed by atoms with E-state index in [1.54, 1.807) is 30.2 Å². The number of carboxylic acid groups (broad SMARTS) is 1. The molecule has 8 nitrogen and oxygen atoms in total. The Balaban J connectivity index is 0.000000572. The number of benzene rings is 2. The van der Waals surface area contributed by atoms with Crippen molar-refractivity contribution < 1.29 is 37.4 Å². The number of hydrogen-bond donors (Lipinski definition) is 2. The average Bonchev–Trinajstić information content (AvgIpc) is 2.87. The molecule has 3 rings (SSSR count). The normalized spacial score (nSPS) is 13.3. The maximum absolute atomic E-state index is 13.2. The smallest absolute Gasteiger partial charge is 0.490 e. The number of amides is 2. The fourth-order valence-corrected chi connectivity index (χ4v) is 3.57. The van der Waals surface area contributed by atoms with Crippen LogP contribution < -0.4 is 10.1 Å². The van der Waals surface area contributed by atoms with Crippen molar-refractivity contribution in [1.29, 1.82) is 0 Å². The lowest BCUT2D eigenvalue weighted by molar-refractivity contribution is -0.192. The van der Waals surface area contributed by atoms with E-state index >= 15 is 0 Å². The van der Waals surface area contributed by atoms with Crippen LogP contribution in [-0.4, -0.2) is 78.7 Å². The molecule has 2 N–H and O–H groups in total. The van der Waals surface area contributed by atoms with E-state index in [0.29, 0.717) is 30.8 Å². The van der Waals surface area contributed by atoms with Gasteiger partial charge in [-0.3, -0.25) is 9.59 Å². The third-order valence-corrected chi connectivity index (χ3v) is 5.73. The molecule has 1 aliphatic heterocycles. The van der Waals surface area contributed by atoms with Gasteiger partial charge in [0, 0.05) is 55.7 Å². The largest absolute Gasteiger partial charge is 0.497 e. The molecule has 1 aliphatic rings. The van der Waals surface area contributed by atoms with Crippen LogP contribution in [0, 0.1) is 0 Å². The van der Waals surface area contributed by atoms with Crippen LogP contribution in [-0.2, 0) is 16.1 Å². The molecule has 36 heavy (non-hydrogen) atoms. The second kappa shape index (κ2) is 13.8. The highest BCUT2D eigenvalue weighted by Gasteiger charge is 2.38. The standard InChI is InChI=1S/C22H26BrN3O3.C2HF3O2/c1-29-20-4-2-3-18(15-20)22(28)26(16-17-5-7-19(23)8-6-17)12-9-21(27)25-13-10-24-11-14-25;3-2(4,5)1(6)7/h2-8,15,24H,9-14,16H2,1H3;(H,6,7). The molecule has 2 aromatic rings. The van der Waals surface area contributed by atoms with Crippen LogP contribution in [0.3, 0.4) is 0 Å². The molecule has 196 valence electrons. The summed E-state index contributed by atoms with van der Waals surface area (Å²) in [6, 6.07) is 15.0. The number of nitrogens with one attached hydrogen (secondary N) is 1. The highest BCUT2D eigenvalue weighted by molar-refractivity contribution is 9.10. The minimum absolute atomic E-state index is 0.0887. The molecule has 0 saturated carbocycles. The first kappa shape index (κ1) is 29.1. The highest BCUT2D eigenvalue weighted by Crippen LogP contribution is 2.18. The molecule has 0 spiro atoms. The molecular weight excluding hydrogens is 547 g/mol. The number of piperazine rings is 1. The van der Waals surface area contributed by atoms with Crippen LogP contribution in [0.5, 0.6) is 5.75 Å². The van der Waals surface area contributed by atoms with Crippen LogP contribution in [0.4, 0.5) is 13.2 Å². The average molecular weight is 574 g/mol. The lowest BCUT2D eigenvalue weighted by Crippen LogP contribution is -2.47. The van der Waals surface area contributed by atoms with Crippen LogP contribution in [0.2, 0.25) is 0 Å². The SMILES string of the molecule is COc1cccc(C(=O)N(CCC(=O)N2CCNCC2)Cc2ccc(Br)cc2)c1.O=C(O)C(F)(F)F. The molecule has 12 heteroatoms. The number of alkyl halides is 3. The summed E-state index contributed by atoms with van der Waals surface area (Å²) >= 11 is 3.44. The Bertz CT molecular complexity index is 1030. The molecule has 0 radical (unpaired) electrons. The van der Waals surface area contributed by atoms with Gasteiger partial charge in [-0.05, 0) is 35.9 Å². The number of carbonyl (C=O) groups excluding carboxylic acids is 2. The van der Waals surface area contributed by atoms with E-state index in [4.69, 9.17) is 14.6 Å². The first-order valence-electron chi connectivity index (χ1n) is 11.0. The summed E-state index contributed by atoms with van der Waals surface area (Å²) in [5.41, 5.74) is 1.56.